The Kier molecular flexibility index (Phi) is 3.36. The molecule has 1 aliphatic heterocycles. The van der Waals surface area contributed by atoms with Crippen molar-refractivity contribution >= 4 is 23.3 Å². The Morgan fingerprint density at radius 2 is 2.28 bits per heavy atom. The molecule has 1 amide bonds. The first-order valence-electron chi connectivity index (χ1n) is 7.42. The molecule has 1 N–H and O–H groups in total. The summed E-state index contributed by atoms with van der Waals surface area (Å²) in [4.78, 5) is 20.9. The highest BCUT2D eigenvalue weighted by Gasteiger charge is 2.47. The van der Waals surface area contributed by atoms with Crippen LogP contribution < -0.4 is 0 Å². The second-order valence-corrected chi connectivity index (χ2v) is 6.32. The number of halogens is 1. The van der Waals surface area contributed by atoms with Gasteiger partial charge in [-0.3, -0.25) is 9.08 Å². The number of amides is 1. The van der Waals surface area contributed by atoms with Crippen molar-refractivity contribution in [2.75, 3.05) is 13.1 Å². The van der Waals surface area contributed by atoms with Crippen LogP contribution in [0.25, 0.3) is 17.0 Å². The standard InChI is InChI=1S/C15H12ClN7O2/c16-11-5-12-18-3-4-22(12)13(20-11)10-6-19-23(7-10)15(1-2-17)8-21(9-15)14(24)25/h3-7H,1,8-9H2,(H,24,25). The molecule has 0 aromatic carbocycles. The van der Waals surface area contributed by atoms with E-state index in [2.05, 4.69) is 21.1 Å². The molecule has 4 heterocycles. The Morgan fingerprint density at radius 1 is 1.48 bits per heavy atom. The van der Waals surface area contributed by atoms with Gasteiger partial charge in [-0.1, -0.05) is 11.6 Å². The topological polar surface area (TPSA) is 112 Å². The monoisotopic (exact) mass is 357 g/mol. The summed E-state index contributed by atoms with van der Waals surface area (Å²) in [5.41, 5.74) is 0.713. The van der Waals surface area contributed by atoms with E-state index in [-0.39, 0.29) is 19.5 Å². The van der Waals surface area contributed by atoms with Crippen LogP contribution >= 0.6 is 11.6 Å². The van der Waals surface area contributed by atoms with Crippen LogP contribution in [0, 0.1) is 11.3 Å². The van der Waals surface area contributed by atoms with Gasteiger partial charge >= 0.3 is 6.09 Å². The fourth-order valence-electron chi connectivity index (χ4n) is 3.08. The van der Waals surface area contributed by atoms with Crippen LogP contribution in [0.5, 0.6) is 0 Å². The maximum absolute atomic E-state index is 11.1. The van der Waals surface area contributed by atoms with Crippen molar-refractivity contribution in [1.29, 1.82) is 5.26 Å². The molecule has 0 unspecified atom stereocenters. The van der Waals surface area contributed by atoms with Crippen LogP contribution in [-0.2, 0) is 5.54 Å². The van der Waals surface area contributed by atoms with Crippen molar-refractivity contribution in [3.8, 4) is 17.5 Å². The third-order valence-corrected chi connectivity index (χ3v) is 4.53. The molecule has 0 bridgehead atoms. The quantitative estimate of drug-likeness (QED) is 0.716. The number of likely N-dealkylation sites (tertiary alicyclic amines) is 1. The third kappa shape index (κ3) is 2.38. The number of hydrogen-bond donors (Lipinski definition) is 1. The molecule has 0 aliphatic carbocycles. The molecular formula is C15H12ClN7O2. The van der Waals surface area contributed by atoms with Gasteiger partial charge in [0.05, 0.1) is 37.3 Å². The summed E-state index contributed by atoms with van der Waals surface area (Å²) in [6, 6.07) is 3.78. The molecule has 0 atom stereocenters. The molecule has 126 valence electrons. The minimum absolute atomic E-state index is 0.168. The minimum Gasteiger partial charge on any atom is -0.465 e. The highest BCUT2D eigenvalue weighted by Crippen LogP contribution is 2.33. The SMILES string of the molecule is N#CCC1(n2cc(-c3nc(Cl)cc4nccn34)cn2)CN(C(=O)O)C1. The average molecular weight is 358 g/mol. The molecule has 9 nitrogen and oxygen atoms in total. The molecule has 0 saturated carbocycles. The van der Waals surface area contributed by atoms with Gasteiger partial charge in [-0.15, -0.1) is 0 Å². The summed E-state index contributed by atoms with van der Waals surface area (Å²) < 4.78 is 3.44. The highest BCUT2D eigenvalue weighted by molar-refractivity contribution is 6.29. The number of nitrogens with zero attached hydrogens (tertiary/aromatic N) is 7. The predicted molar refractivity (Wildman–Crippen MR) is 87.0 cm³/mol. The lowest BCUT2D eigenvalue weighted by molar-refractivity contribution is 0.0139. The van der Waals surface area contributed by atoms with Crippen LogP contribution in [0.15, 0.2) is 30.9 Å². The molecule has 1 aliphatic rings. The van der Waals surface area contributed by atoms with Gasteiger partial charge in [-0.05, 0) is 0 Å². The zero-order valence-electron chi connectivity index (χ0n) is 12.9. The lowest BCUT2D eigenvalue weighted by Crippen LogP contribution is -2.64. The summed E-state index contributed by atoms with van der Waals surface area (Å²) in [5.74, 6) is 0.577. The Hall–Kier alpha value is -3.12. The number of hydrogen-bond acceptors (Lipinski definition) is 5. The molecule has 3 aromatic rings. The van der Waals surface area contributed by atoms with Crippen molar-refractivity contribution in [3.63, 3.8) is 0 Å². The molecular weight excluding hydrogens is 346 g/mol. The van der Waals surface area contributed by atoms with Gasteiger partial charge in [0, 0.05) is 24.7 Å². The third-order valence-electron chi connectivity index (χ3n) is 4.33. The summed E-state index contributed by atoms with van der Waals surface area (Å²) >= 11 is 6.06. The number of aromatic nitrogens is 5. The first kappa shape index (κ1) is 15.4. The van der Waals surface area contributed by atoms with Crippen LogP contribution in [0.2, 0.25) is 5.15 Å². The Balaban J connectivity index is 1.73. The summed E-state index contributed by atoms with van der Waals surface area (Å²) in [6.07, 6.45) is 5.97. The second-order valence-electron chi connectivity index (χ2n) is 5.93. The van der Waals surface area contributed by atoms with Crippen LogP contribution in [0.1, 0.15) is 6.42 Å². The molecule has 0 radical (unpaired) electrons. The maximum atomic E-state index is 11.1. The molecule has 1 fully saturated rings. The maximum Gasteiger partial charge on any atom is 0.407 e. The summed E-state index contributed by atoms with van der Waals surface area (Å²) in [6.45, 7) is 0.445. The number of imidazole rings is 1. The van der Waals surface area contributed by atoms with E-state index in [0.29, 0.717) is 22.2 Å². The lowest BCUT2D eigenvalue weighted by atomic mass is 9.87. The Labute approximate surface area is 146 Å². The van der Waals surface area contributed by atoms with Crippen LogP contribution in [0.4, 0.5) is 4.79 Å². The smallest absolute Gasteiger partial charge is 0.407 e. The predicted octanol–water partition coefficient (Wildman–Crippen LogP) is 1.85. The van der Waals surface area contributed by atoms with Crippen molar-refractivity contribution in [2.45, 2.75) is 12.0 Å². The zero-order chi connectivity index (χ0) is 17.6. The second kappa shape index (κ2) is 5.46. The van der Waals surface area contributed by atoms with Crippen molar-refractivity contribution in [2.24, 2.45) is 0 Å². The van der Waals surface area contributed by atoms with Gasteiger partial charge in [-0.2, -0.15) is 10.4 Å². The van der Waals surface area contributed by atoms with E-state index in [1.54, 1.807) is 39.9 Å². The highest BCUT2D eigenvalue weighted by atomic mass is 35.5. The molecule has 3 aromatic heterocycles. The fourth-order valence-corrected chi connectivity index (χ4v) is 3.26. The van der Waals surface area contributed by atoms with E-state index < -0.39 is 11.6 Å². The van der Waals surface area contributed by atoms with Gasteiger partial charge in [0.15, 0.2) is 5.82 Å². The number of rotatable bonds is 3. The minimum atomic E-state index is -1.00. The Morgan fingerprint density at radius 3 is 3.00 bits per heavy atom. The van der Waals surface area contributed by atoms with E-state index in [1.165, 1.54) is 4.90 Å². The van der Waals surface area contributed by atoms with E-state index in [1.807, 2.05) is 0 Å². The van der Waals surface area contributed by atoms with Crippen molar-refractivity contribution in [1.82, 2.24) is 29.0 Å². The summed E-state index contributed by atoms with van der Waals surface area (Å²) in [5, 5.41) is 22.9. The molecule has 1 saturated heterocycles. The first-order valence-corrected chi connectivity index (χ1v) is 7.80. The van der Waals surface area contributed by atoms with E-state index in [9.17, 15) is 4.79 Å². The van der Waals surface area contributed by atoms with E-state index >= 15 is 0 Å². The van der Waals surface area contributed by atoms with Gasteiger partial charge in [0.25, 0.3) is 0 Å². The fraction of sp³-hybridized carbons (Fsp3) is 0.267. The molecule has 0 spiro atoms. The largest absolute Gasteiger partial charge is 0.465 e. The van der Waals surface area contributed by atoms with Crippen LogP contribution in [-0.4, -0.2) is 53.3 Å². The van der Waals surface area contributed by atoms with Gasteiger partial charge in [-0.25, -0.2) is 14.8 Å². The number of nitriles is 1. The van der Waals surface area contributed by atoms with Gasteiger partial charge < -0.3 is 10.0 Å². The number of carbonyl (C=O) groups is 1. The Bertz CT molecular complexity index is 1010. The molecule has 4 rings (SSSR count). The lowest BCUT2D eigenvalue weighted by Gasteiger charge is -2.47. The van der Waals surface area contributed by atoms with E-state index in [0.717, 1.165) is 0 Å². The first-order chi connectivity index (χ1) is 12.0. The average Bonchev–Trinajstić information content (AvgIpc) is 3.18. The van der Waals surface area contributed by atoms with Crippen molar-refractivity contribution in [3.05, 3.63) is 36.0 Å². The van der Waals surface area contributed by atoms with Crippen molar-refractivity contribution < 1.29 is 9.90 Å². The molecule has 10 heteroatoms. The van der Waals surface area contributed by atoms with E-state index in [4.69, 9.17) is 22.0 Å². The summed E-state index contributed by atoms with van der Waals surface area (Å²) in [7, 11) is 0. The number of carboxylic acid groups (broad SMARTS) is 1. The van der Waals surface area contributed by atoms with Crippen LogP contribution in [0.3, 0.4) is 0 Å². The normalized spacial score (nSPS) is 15.8. The number of fused-ring (bicyclic) bond motifs is 1. The van der Waals surface area contributed by atoms with Gasteiger partial charge in [0.1, 0.15) is 16.3 Å². The van der Waals surface area contributed by atoms with Gasteiger partial charge in [0.2, 0.25) is 0 Å². The molecule has 25 heavy (non-hydrogen) atoms. The zero-order valence-corrected chi connectivity index (χ0v) is 13.6.